The van der Waals surface area contributed by atoms with E-state index in [2.05, 4.69) is 6.07 Å². The molecule has 126 valence electrons. The van der Waals surface area contributed by atoms with Gasteiger partial charge >= 0.3 is 0 Å². The van der Waals surface area contributed by atoms with Gasteiger partial charge in [0.2, 0.25) is 5.91 Å². The van der Waals surface area contributed by atoms with Gasteiger partial charge in [-0.2, -0.15) is 5.26 Å². The number of para-hydroxylation sites is 1. The Balaban J connectivity index is 1.73. The molecule has 1 atom stereocenters. The van der Waals surface area contributed by atoms with Crippen LogP contribution in [0.2, 0.25) is 0 Å². The molecule has 4 rings (SSSR count). The lowest BCUT2D eigenvalue weighted by Gasteiger charge is -2.38. The van der Waals surface area contributed by atoms with Crippen molar-refractivity contribution in [2.45, 2.75) is 38.2 Å². The summed E-state index contributed by atoms with van der Waals surface area (Å²) in [5, 5.41) is 9.30. The standard InChI is InChI=1S/C21H20N2O2/c1-21(2)12-17(16-7-3-4-9-19(16)25-21)20(24)23-11-10-15-14(13-22)6-5-8-18(15)23/h3-9,17H,10-12H2,1-2H3. The Morgan fingerprint density at radius 1 is 1.24 bits per heavy atom. The van der Waals surface area contributed by atoms with Crippen molar-refractivity contribution >= 4 is 11.6 Å². The third kappa shape index (κ3) is 2.56. The fourth-order valence-electron chi connectivity index (χ4n) is 3.98. The molecular formula is C21H20N2O2. The molecule has 0 aliphatic carbocycles. The molecule has 2 heterocycles. The first-order chi connectivity index (χ1) is 12.0. The molecule has 4 heteroatoms. The van der Waals surface area contributed by atoms with E-state index in [0.717, 1.165) is 29.0 Å². The lowest BCUT2D eigenvalue weighted by molar-refractivity contribution is -0.121. The zero-order valence-corrected chi connectivity index (χ0v) is 14.5. The third-order valence-corrected chi connectivity index (χ3v) is 5.09. The number of ether oxygens (including phenoxy) is 1. The Morgan fingerprint density at radius 3 is 2.84 bits per heavy atom. The zero-order valence-electron chi connectivity index (χ0n) is 14.5. The van der Waals surface area contributed by atoms with E-state index in [1.807, 2.05) is 61.2 Å². The average molecular weight is 332 g/mol. The number of carbonyl (C=O) groups excluding carboxylic acids is 1. The number of nitrogens with zero attached hydrogens (tertiary/aromatic N) is 2. The number of hydrogen-bond donors (Lipinski definition) is 0. The second kappa shape index (κ2) is 5.63. The number of carbonyl (C=O) groups is 1. The molecule has 2 aromatic carbocycles. The minimum Gasteiger partial charge on any atom is -0.488 e. The quantitative estimate of drug-likeness (QED) is 0.798. The smallest absolute Gasteiger partial charge is 0.234 e. The summed E-state index contributed by atoms with van der Waals surface area (Å²) in [5.41, 5.74) is 3.10. The first kappa shape index (κ1) is 15.7. The minimum atomic E-state index is -0.383. The van der Waals surface area contributed by atoms with E-state index < -0.39 is 0 Å². The molecular weight excluding hydrogens is 312 g/mol. The van der Waals surface area contributed by atoms with Crippen LogP contribution in [0, 0.1) is 11.3 Å². The maximum absolute atomic E-state index is 13.4. The van der Waals surface area contributed by atoms with E-state index in [9.17, 15) is 10.1 Å². The van der Waals surface area contributed by atoms with Crippen LogP contribution in [-0.2, 0) is 11.2 Å². The highest BCUT2D eigenvalue weighted by Crippen LogP contribution is 2.43. The van der Waals surface area contributed by atoms with Crippen LogP contribution >= 0.6 is 0 Å². The SMILES string of the molecule is CC1(C)CC(C(=O)N2CCc3c(C#N)cccc32)c2ccccc2O1. The predicted molar refractivity (Wildman–Crippen MR) is 95.7 cm³/mol. The lowest BCUT2D eigenvalue weighted by atomic mass is 9.83. The van der Waals surface area contributed by atoms with Crippen molar-refractivity contribution in [2.24, 2.45) is 0 Å². The topological polar surface area (TPSA) is 53.3 Å². The Labute approximate surface area is 147 Å². The number of rotatable bonds is 1. The van der Waals surface area contributed by atoms with Crippen molar-refractivity contribution in [1.82, 2.24) is 0 Å². The van der Waals surface area contributed by atoms with Crippen LogP contribution in [0.4, 0.5) is 5.69 Å². The van der Waals surface area contributed by atoms with Crippen molar-refractivity contribution in [3.63, 3.8) is 0 Å². The monoisotopic (exact) mass is 332 g/mol. The van der Waals surface area contributed by atoms with Gasteiger partial charge in [0.05, 0.1) is 17.6 Å². The number of benzene rings is 2. The maximum Gasteiger partial charge on any atom is 0.234 e. The molecule has 25 heavy (non-hydrogen) atoms. The molecule has 0 spiro atoms. The Hall–Kier alpha value is -2.80. The predicted octanol–water partition coefficient (Wildman–Crippen LogP) is 3.79. The molecule has 0 N–H and O–H groups in total. The molecule has 1 amide bonds. The number of hydrogen-bond acceptors (Lipinski definition) is 3. The van der Waals surface area contributed by atoms with Gasteiger partial charge in [0.1, 0.15) is 11.4 Å². The second-order valence-electron chi connectivity index (χ2n) is 7.31. The molecule has 0 radical (unpaired) electrons. The van der Waals surface area contributed by atoms with Crippen LogP contribution in [0.1, 0.15) is 42.9 Å². The molecule has 0 saturated heterocycles. The third-order valence-electron chi connectivity index (χ3n) is 5.09. The number of nitriles is 1. The van der Waals surface area contributed by atoms with Crippen LogP contribution in [0.5, 0.6) is 5.75 Å². The van der Waals surface area contributed by atoms with Crippen LogP contribution in [0.25, 0.3) is 0 Å². The zero-order chi connectivity index (χ0) is 17.6. The van der Waals surface area contributed by atoms with Crippen LogP contribution in [0.15, 0.2) is 42.5 Å². The number of amides is 1. The fraction of sp³-hybridized carbons (Fsp3) is 0.333. The van der Waals surface area contributed by atoms with Gasteiger partial charge < -0.3 is 9.64 Å². The van der Waals surface area contributed by atoms with Crippen LogP contribution in [0.3, 0.4) is 0 Å². The molecule has 1 unspecified atom stereocenters. The molecule has 2 aromatic rings. The average Bonchev–Trinajstić information content (AvgIpc) is 3.03. The van der Waals surface area contributed by atoms with E-state index >= 15 is 0 Å². The lowest BCUT2D eigenvalue weighted by Crippen LogP contribution is -2.42. The van der Waals surface area contributed by atoms with Crippen molar-refractivity contribution < 1.29 is 9.53 Å². The van der Waals surface area contributed by atoms with Crippen molar-refractivity contribution in [2.75, 3.05) is 11.4 Å². The maximum atomic E-state index is 13.4. The van der Waals surface area contributed by atoms with Crippen molar-refractivity contribution in [1.29, 1.82) is 5.26 Å². The van der Waals surface area contributed by atoms with E-state index in [1.165, 1.54) is 0 Å². The largest absolute Gasteiger partial charge is 0.488 e. The molecule has 2 aliphatic rings. The summed E-state index contributed by atoms with van der Waals surface area (Å²) < 4.78 is 6.05. The first-order valence-electron chi connectivity index (χ1n) is 8.61. The normalized spacial score (nSPS) is 20.2. The second-order valence-corrected chi connectivity index (χ2v) is 7.31. The van der Waals surface area contributed by atoms with E-state index in [0.29, 0.717) is 18.5 Å². The van der Waals surface area contributed by atoms with Gasteiger partial charge in [0, 0.05) is 24.2 Å². The minimum absolute atomic E-state index is 0.0951. The van der Waals surface area contributed by atoms with E-state index in [-0.39, 0.29) is 17.4 Å². The first-order valence-corrected chi connectivity index (χ1v) is 8.61. The molecule has 2 aliphatic heterocycles. The van der Waals surface area contributed by atoms with Crippen molar-refractivity contribution in [3.8, 4) is 11.8 Å². The van der Waals surface area contributed by atoms with Gasteiger partial charge in [-0.05, 0) is 44.0 Å². The molecule has 0 bridgehead atoms. The summed E-state index contributed by atoms with van der Waals surface area (Å²) in [7, 11) is 0. The van der Waals surface area contributed by atoms with E-state index in [4.69, 9.17) is 4.74 Å². The van der Waals surface area contributed by atoms with E-state index in [1.54, 1.807) is 0 Å². The van der Waals surface area contributed by atoms with Gasteiger partial charge in [-0.3, -0.25) is 4.79 Å². The molecule has 0 aromatic heterocycles. The highest BCUT2D eigenvalue weighted by atomic mass is 16.5. The highest BCUT2D eigenvalue weighted by Gasteiger charge is 2.40. The summed E-state index contributed by atoms with van der Waals surface area (Å²) in [6.07, 6.45) is 1.38. The van der Waals surface area contributed by atoms with Gasteiger partial charge in [0.25, 0.3) is 0 Å². The van der Waals surface area contributed by atoms with Crippen molar-refractivity contribution in [3.05, 3.63) is 59.2 Å². The Bertz CT molecular complexity index is 895. The summed E-state index contributed by atoms with van der Waals surface area (Å²) in [5.74, 6) is 0.664. The summed E-state index contributed by atoms with van der Waals surface area (Å²) in [6.45, 7) is 4.68. The van der Waals surface area contributed by atoms with Gasteiger partial charge in [-0.25, -0.2) is 0 Å². The Kier molecular flexibility index (Phi) is 3.54. The fourth-order valence-corrected chi connectivity index (χ4v) is 3.98. The number of anilines is 1. The van der Waals surface area contributed by atoms with Crippen LogP contribution in [-0.4, -0.2) is 18.1 Å². The summed E-state index contributed by atoms with van der Waals surface area (Å²) in [4.78, 5) is 15.2. The summed E-state index contributed by atoms with van der Waals surface area (Å²) >= 11 is 0. The Morgan fingerprint density at radius 2 is 2.04 bits per heavy atom. The van der Waals surface area contributed by atoms with Gasteiger partial charge in [-0.1, -0.05) is 24.3 Å². The number of fused-ring (bicyclic) bond motifs is 2. The molecule has 0 saturated carbocycles. The van der Waals surface area contributed by atoms with Gasteiger partial charge in [0.15, 0.2) is 0 Å². The molecule has 4 nitrogen and oxygen atoms in total. The molecule has 0 fully saturated rings. The highest BCUT2D eigenvalue weighted by molar-refractivity contribution is 6.00. The summed E-state index contributed by atoms with van der Waals surface area (Å²) in [6, 6.07) is 15.7. The van der Waals surface area contributed by atoms with Crippen LogP contribution < -0.4 is 9.64 Å². The van der Waals surface area contributed by atoms with Gasteiger partial charge in [-0.15, -0.1) is 0 Å².